The van der Waals surface area contributed by atoms with Gasteiger partial charge in [-0.15, -0.1) is 0 Å². The first-order chi connectivity index (χ1) is 9.71. The van der Waals surface area contributed by atoms with Crippen molar-refractivity contribution in [2.24, 2.45) is 0 Å². The van der Waals surface area contributed by atoms with E-state index in [1.165, 1.54) is 40.2 Å². The molecule has 0 aromatic carbocycles. The van der Waals surface area contributed by atoms with E-state index in [2.05, 4.69) is 0 Å². The lowest BCUT2D eigenvalue weighted by Crippen LogP contribution is -2.32. The van der Waals surface area contributed by atoms with Gasteiger partial charge in [0.05, 0.1) is 33.6 Å². The molecular weight excluding hydrogens is 336 g/mol. The first-order valence-electron chi connectivity index (χ1n) is 6.56. The van der Waals surface area contributed by atoms with Crippen LogP contribution in [0.15, 0.2) is 12.5 Å². The van der Waals surface area contributed by atoms with Gasteiger partial charge in [-0.05, 0) is 27.7 Å². The molecule has 22 heavy (non-hydrogen) atoms. The van der Waals surface area contributed by atoms with E-state index in [0.717, 1.165) is 0 Å². The molecular formula is C12H26O8S2. The van der Waals surface area contributed by atoms with Gasteiger partial charge in [-0.25, -0.2) is 0 Å². The number of ether oxygens (including phenoxy) is 2. The van der Waals surface area contributed by atoms with Crippen molar-refractivity contribution in [2.45, 2.75) is 50.0 Å². The second-order valence-corrected chi connectivity index (χ2v) is 10.2. The molecule has 0 saturated carbocycles. The summed E-state index contributed by atoms with van der Waals surface area (Å²) in [4.78, 5) is 0. The monoisotopic (exact) mass is 362 g/mol. The molecule has 0 saturated heterocycles. The fourth-order valence-electron chi connectivity index (χ4n) is 1.09. The zero-order chi connectivity index (χ0) is 17.7. The van der Waals surface area contributed by atoms with Crippen molar-refractivity contribution in [2.75, 3.05) is 13.2 Å². The van der Waals surface area contributed by atoms with Crippen molar-refractivity contribution in [3.8, 4) is 0 Å². The summed E-state index contributed by atoms with van der Waals surface area (Å²) in [5, 5.41) is 0. The van der Waals surface area contributed by atoms with E-state index in [4.69, 9.17) is 14.0 Å². The molecule has 4 N–H and O–H groups in total. The van der Waals surface area contributed by atoms with Crippen LogP contribution in [0, 0.1) is 0 Å². The van der Waals surface area contributed by atoms with Crippen LogP contribution in [0.4, 0.5) is 0 Å². The largest absolute Gasteiger partial charge is 0.498 e. The first kappa shape index (κ1) is 21.5. The van der Waals surface area contributed by atoms with Crippen LogP contribution in [0.2, 0.25) is 0 Å². The van der Waals surface area contributed by atoms with Gasteiger partial charge in [-0.2, -0.15) is 8.42 Å². The maximum absolute atomic E-state index is 11.0. The molecule has 0 aromatic rings. The van der Waals surface area contributed by atoms with E-state index in [1.807, 2.05) is 0 Å². The number of rotatable bonds is 10. The van der Waals surface area contributed by atoms with E-state index in [-0.39, 0.29) is 26.1 Å². The SMILES string of the molecule is CC(C)(CCO/C=C/OCCC(C)(C)S(=O)(=O)O)S(O)(O)O. The average Bonchev–Trinajstić information content (AvgIpc) is 2.29. The van der Waals surface area contributed by atoms with Gasteiger partial charge in [0.1, 0.15) is 12.5 Å². The second-order valence-electron chi connectivity index (χ2n) is 6.03. The van der Waals surface area contributed by atoms with Gasteiger partial charge in [-0.1, -0.05) is 0 Å². The van der Waals surface area contributed by atoms with Gasteiger partial charge in [0.2, 0.25) is 0 Å². The lowest BCUT2D eigenvalue weighted by molar-refractivity contribution is 0.187. The van der Waals surface area contributed by atoms with Gasteiger partial charge in [-0.3, -0.25) is 4.55 Å². The summed E-state index contributed by atoms with van der Waals surface area (Å²) in [5.41, 5.74) is 0. The molecule has 0 spiro atoms. The molecule has 0 fully saturated rings. The maximum Gasteiger partial charge on any atom is 0.270 e. The Morgan fingerprint density at radius 1 is 0.818 bits per heavy atom. The first-order valence-corrected chi connectivity index (χ1v) is 9.50. The zero-order valence-corrected chi connectivity index (χ0v) is 14.9. The Morgan fingerprint density at radius 2 is 1.18 bits per heavy atom. The molecule has 0 aliphatic heterocycles. The Labute approximate surface area is 133 Å². The fraction of sp³-hybridized carbons (Fsp3) is 0.833. The standard InChI is InChI=1S/C12H26O8S2/c1-11(2,21(13,14)15)5-7-19-9-10-20-8-6-12(3,4)22(16,17)18/h9-10,13-15H,5-8H2,1-4H3,(H,16,17,18)/b10-9+. The van der Waals surface area contributed by atoms with Crippen LogP contribution in [0.25, 0.3) is 0 Å². The van der Waals surface area contributed by atoms with Crippen molar-refractivity contribution in [1.82, 2.24) is 0 Å². The van der Waals surface area contributed by atoms with Crippen molar-refractivity contribution in [3.63, 3.8) is 0 Å². The van der Waals surface area contributed by atoms with Crippen molar-refractivity contribution >= 4 is 21.0 Å². The van der Waals surface area contributed by atoms with E-state index < -0.39 is 30.5 Å². The van der Waals surface area contributed by atoms with Gasteiger partial charge in [0.25, 0.3) is 10.1 Å². The van der Waals surface area contributed by atoms with E-state index in [0.29, 0.717) is 0 Å². The molecule has 0 heterocycles. The van der Waals surface area contributed by atoms with Crippen LogP contribution >= 0.6 is 10.9 Å². The van der Waals surface area contributed by atoms with Gasteiger partial charge >= 0.3 is 0 Å². The summed E-state index contributed by atoms with van der Waals surface area (Å²) in [5.74, 6) is 0. The predicted octanol–water partition coefficient (Wildman–Crippen LogP) is 2.94. The van der Waals surface area contributed by atoms with E-state index in [9.17, 15) is 22.1 Å². The number of hydrogen-bond acceptors (Lipinski definition) is 7. The second kappa shape index (κ2) is 7.84. The minimum absolute atomic E-state index is 0.0787. The highest BCUT2D eigenvalue weighted by molar-refractivity contribution is 8.20. The smallest absolute Gasteiger partial charge is 0.270 e. The Balaban J connectivity index is 3.96. The Morgan fingerprint density at radius 3 is 1.50 bits per heavy atom. The summed E-state index contributed by atoms with van der Waals surface area (Å²) in [7, 11) is -7.79. The third-order valence-electron chi connectivity index (χ3n) is 3.33. The average molecular weight is 362 g/mol. The Bertz CT molecular complexity index is 462. The minimum atomic E-state index is -4.14. The van der Waals surface area contributed by atoms with Crippen LogP contribution in [0.1, 0.15) is 40.5 Å². The van der Waals surface area contributed by atoms with E-state index >= 15 is 0 Å². The summed E-state index contributed by atoms with van der Waals surface area (Å²) < 4.78 is 66.3. The van der Waals surface area contributed by atoms with Crippen LogP contribution in [0.5, 0.6) is 0 Å². The Hall–Kier alpha value is -0.520. The Kier molecular flexibility index (Phi) is 7.66. The van der Waals surface area contributed by atoms with Crippen LogP contribution in [-0.2, 0) is 19.6 Å². The minimum Gasteiger partial charge on any atom is -0.498 e. The third-order valence-corrected chi connectivity index (χ3v) is 6.62. The molecule has 0 unspecified atom stereocenters. The van der Waals surface area contributed by atoms with Crippen molar-refractivity contribution in [3.05, 3.63) is 12.5 Å². The highest BCUT2D eigenvalue weighted by Gasteiger charge is 2.35. The molecule has 134 valence electrons. The summed E-state index contributed by atoms with van der Waals surface area (Å²) in [6.45, 7) is 6.00. The quantitative estimate of drug-likeness (QED) is 0.265. The van der Waals surface area contributed by atoms with Gasteiger partial charge in [0.15, 0.2) is 0 Å². The lowest BCUT2D eigenvalue weighted by atomic mass is 10.1. The third kappa shape index (κ3) is 7.16. The van der Waals surface area contributed by atoms with Crippen LogP contribution in [0.3, 0.4) is 0 Å². The summed E-state index contributed by atoms with van der Waals surface area (Å²) in [6.07, 6.45) is 2.78. The maximum atomic E-state index is 11.0. The molecule has 10 heteroatoms. The molecule has 0 bridgehead atoms. The van der Waals surface area contributed by atoms with Gasteiger partial charge < -0.3 is 23.1 Å². The summed E-state index contributed by atoms with van der Waals surface area (Å²) >= 11 is 0. The predicted molar refractivity (Wildman–Crippen MR) is 85.5 cm³/mol. The fourth-order valence-corrected chi connectivity index (χ4v) is 1.79. The molecule has 0 amide bonds. The molecule has 0 radical (unpaired) electrons. The van der Waals surface area contributed by atoms with Crippen molar-refractivity contribution in [1.29, 1.82) is 0 Å². The van der Waals surface area contributed by atoms with Gasteiger partial charge in [0, 0.05) is 12.8 Å². The highest BCUT2D eigenvalue weighted by atomic mass is 32.3. The molecule has 0 aliphatic carbocycles. The van der Waals surface area contributed by atoms with Crippen LogP contribution < -0.4 is 0 Å². The molecule has 0 atom stereocenters. The highest BCUT2D eigenvalue weighted by Crippen LogP contribution is 2.49. The molecule has 0 aromatic heterocycles. The normalized spacial score (nSPS) is 15.1. The topological polar surface area (TPSA) is 134 Å². The molecule has 0 rings (SSSR count). The number of hydrogen-bond donors (Lipinski definition) is 4. The van der Waals surface area contributed by atoms with Crippen molar-refractivity contribution < 1.29 is 36.1 Å². The summed E-state index contributed by atoms with van der Waals surface area (Å²) in [6, 6.07) is 0. The van der Waals surface area contributed by atoms with Crippen LogP contribution in [-0.4, -0.2) is 49.3 Å². The molecule has 0 aliphatic rings. The lowest BCUT2D eigenvalue weighted by Gasteiger charge is -2.36. The zero-order valence-electron chi connectivity index (χ0n) is 13.2. The molecule has 8 nitrogen and oxygen atoms in total. The van der Waals surface area contributed by atoms with E-state index in [1.54, 1.807) is 0 Å².